The van der Waals surface area contributed by atoms with Crippen molar-refractivity contribution >= 4 is 22.4 Å². The van der Waals surface area contributed by atoms with Gasteiger partial charge in [0.05, 0.1) is 16.1 Å². The van der Waals surface area contributed by atoms with Crippen molar-refractivity contribution in [2.24, 2.45) is 4.99 Å². The first kappa shape index (κ1) is 28.6. The summed E-state index contributed by atoms with van der Waals surface area (Å²) in [6.07, 6.45) is 13.3. The lowest BCUT2D eigenvalue weighted by atomic mass is 10.1. The fraction of sp³-hybridized carbons (Fsp3) is 0.808. The Kier molecular flexibility index (Phi) is 16.1. The molecular weight excluding hydrogens is 382 g/mol. The first-order chi connectivity index (χ1) is 13.8. The highest BCUT2D eigenvalue weighted by Crippen LogP contribution is 2.30. The number of aliphatic imine (C=N–C) groups is 1. The van der Waals surface area contributed by atoms with Crippen molar-refractivity contribution in [3.63, 3.8) is 0 Å². The average molecular weight is 436 g/mol. The molecule has 0 aromatic heterocycles. The van der Waals surface area contributed by atoms with Crippen LogP contribution < -0.4 is 0 Å². The molecule has 0 N–H and O–H groups in total. The van der Waals surface area contributed by atoms with Crippen LogP contribution in [0.25, 0.3) is 0 Å². The fourth-order valence-corrected chi connectivity index (χ4v) is 11.7. The molecule has 29 heavy (non-hydrogen) atoms. The van der Waals surface area contributed by atoms with E-state index in [1.807, 2.05) is 0 Å². The van der Waals surface area contributed by atoms with E-state index in [0.29, 0.717) is 0 Å². The summed E-state index contributed by atoms with van der Waals surface area (Å²) in [5.74, 6) is 0. The fourth-order valence-electron chi connectivity index (χ4n) is 4.79. The molecule has 0 bridgehead atoms. The molecule has 0 rings (SSSR count). The molecule has 0 unspecified atom stereocenters. The van der Waals surface area contributed by atoms with E-state index in [1.165, 1.54) is 98.0 Å². The van der Waals surface area contributed by atoms with Crippen LogP contribution in [0.3, 0.4) is 0 Å². The van der Waals surface area contributed by atoms with E-state index in [-0.39, 0.29) is 0 Å². The Labute approximate surface area is 186 Å². The minimum Gasteiger partial charge on any atom is -0.298 e. The molecule has 170 valence electrons. The molecule has 0 aromatic carbocycles. The van der Waals surface area contributed by atoms with Gasteiger partial charge in [0.1, 0.15) is 0 Å². The molecule has 0 spiro atoms. The summed E-state index contributed by atoms with van der Waals surface area (Å²) < 4.78 is 0. The lowest BCUT2D eigenvalue weighted by Crippen LogP contribution is -2.34. The van der Waals surface area contributed by atoms with Gasteiger partial charge in [0, 0.05) is 6.54 Å². The summed E-state index contributed by atoms with van der Waals surface area (Å²) >= 11 is 0. The Balaban J connectivity index is 3.75. The highest BCUT2D eigenvalue weighted by molar-refractivity contribution is 6.88. The Morgan fingerprint density at radius 2 is 1.07 bits per heavy atom. The van der Waals surface area contributed by atoms with Gasteiger partial charge >= 0.3 is 0 Å². The molecule has 0 heterocycles. The predicted octanol–water partition coefficient (Wildman–Crippen LogP) is 9.39. The normalized spacial score (nSPS) is 12.6. The van der Waals surface area contributed by atoms with Crippen LogP contribution in [0.15, 0.2) is 28.5 Å². The van der Waals surface area contributed by atoms with Crippen molar-refractivity contribution in [2.45, 2.75) is 129 Å². The van der Waals surface area contributed by atoms with Gasteiger partial charge in [-0.3, -0.25) is 4.99 Å². The van der Waals surface area contributed by atoms with Gasteiger partial charge in [-0.2, -0.15) is 0 Å². The molecule has 1 nitrogen and oxygen atoms in total. The highest BCUT2D eigenvalue weighted by Gasteiger charge is 2.29. The van der Waals surface area contributed by atoms with Gasteiger partial charge in [0.25, 0.3) is 0 Å². The van der Waals surface area contributed by atoms with Crippen molar-refractivity contribution in [2.75, 3.05) is 6.54 Å². The molecule has 0 amide bonds. The SMILES string of the molecule is C=C(C)[Si](CC)(CC)CC=NCCCCCCCCCC[Si](CC)(CC)C(=C)C. The Bertz CT molecular complexity index is 473. The van der Waals surface area contributed by atoms with E-state index >= 15 is 0 Å². The monoisotopic (exact) mass is 435 g/mol. The zero-order valence-electron chi connectivity index (χ0n) is 21.0. The topological polar surface area (TPSA) is 12.4 Å². The van der Waals surface area contributed by atoms with E-state index in [0.717, 1.165) is 6.54 Å². The quantitative estimate of drug-likeness (QED) is 0.109. The highest BCUT2D eigenvalue weighted by atomic mass is 28.3. The molecule has 0 fully saturated rings. The van der Waals surface area contributed by atoms with Crippen LogP contribution in [-0.4, -0.2) is 28.9 Å². The molecule has 0 aliphatic carbocycles. The maximum absolute atomic E-state index is 4.71. The van der Waals surface area contributed by atoms with Crippen molar-refractivity contribution in [3.05, 3.63) is 23.6 Å². The van der Waals surface area contributed by atoms with Crippen molar-refractivity contribution in [3.8, 4) is 0 Å². The lowest BCUT2D eigenvalue weighted by Gasteiger charge is -2.30. The Hall–Kier alpha value is -0.416. The average Bonchev–Trinajstić information content (AvgIpc) is 2.71. The summed E-state index contributed by atoms with van der Waals surface area (Å²) in [4.78, 5) is 4.71. The van der Waals surface area contributed by atoms with Gasteiger partial charge in [0.2, 0.25) is 0 Å². The Morgan fingerprint density at radius 3 is 1.48 bits per heavy atom. The van der Waals surface area contributed by atoms with Crippen LogP contribution in [0.4, 0.5) is 0 Å². The van der Waals surface area contributed by atoms with Crippen LogP contribution in [0.2, 0.25) is 36.3 Å². The number of nitrogens with zero attached hydrogens (tertiary/aromatic N) is 1. The zero-order valence-corrected chi connectivity index (χ0v) is 23.0. The predicted molar refractivity (Wildman–Crippen MR) is 143 cm³/mol. The van der Waals surface area contributed by atoms with Gasteiger partial charge in [0.15, 0.2) is 0 Å². The minimum absolute atomic E-state index is 1.02. The number of unbranched alkanes of at least 4 members (excludes halogenated alkanes) is 7. The molecule has 0 aliphatic rings. The molecule has 0 aliphatic heterocycles. The van der Waals surface area contributed by atoms with Crippen LogP contribution in [-0.2, 0) is 0 Å². The summed E-state index contributed by atoms with van der Waals surface area (Å²) in [6.45, 7) is 23.6. The number of hydrogen-bond donors (Lipinski definition) is 0. The maximum atomic E-state index is 4.71. The Morgan fingerprint density at radius 1 is 0.655 bits per heavy atom. The summed E-state index contributed by atoms with van der Waals surface area (Å²) in [5.41, 5.74) is 0. The number of rotatable bonds is 19. The minimum atomic E-state index is -1.29. The van der Waals surface area contributed by atoms with Crippen LogP contribution >= 0.6 is 0 Å². The molecule has 0 saturated heterocycles. The van der Waals surface area contributed by atoms with E-state index in [4.69, 9.17) is 4.99 Å². The van der Waals surface area contributed by atoms with Crippen molar-refractivity contribution in [1.29, 1.82) is 0 Å². The molecule has 0 atom stereocenters. The molecule has 0 aromatic rings. The third kappa shape index (κ3) is 10.4. The molecule has 3 heteroatoms. The number of hydrogen-bond acceptors (Lipinski definition) is 1. The first-order valence-electron chi connectivity index (χ1n) is 12.6. The summed E-state index contributed by atoms with van der Waals surface area (Å²) in [5, 5.41) is 2.98. The van der Waals surface area contributed by atoms with Gasteiger partial charge in [-0.15, -0.1) is 13.2 Å². The maximum Gasteiger partial charge on any atom is 0.0850 e. The molecular formula is C26H53NSi2. The van der Waals surface area contributed by atoms with Crippen LogP contribution in [0.1, 0.15) is 92.9 Å². The zero-order chi connectivity index (χ0) is 22.2. The lowest BCUT2D eigenvalue weighted by molar-refractivity contribution is 0.577. The van der Waals surface area contributed by atoms with Gasteiger partial charge in [-0.1, -0.05) is 113 Å². The first-order valence-corrected chi connectivity index (χ1v) is 17.9. The summed E-state index contributed by atoms with van der Waals surface area (Å²) in [7, 11) is -2.44. The van der Waals surface area contributed by atoms with Gasteiger partial charge < -0.3 is 0 Å². The second-order valence-electron chi connectivity index (χ2n) is 9.41. The van der Waals surface area contributed by atoms with E-state index in [2.05, 4.69) is 60.9 Å². The number of allylic oxidation sites excluding steroid dienone is 2. The molecule has 0 saturated carbocycles. The van der Waals surface area contributed by atoms with E-state index < -0.39 is 16.1 Å². The van der Waals surface area contributed by atoms with Gasteiger partial charge in [-0.25, -0.2) is 0 Å². The molecule has 0 radical (unpaired) electrons. The standard InChI is InChI=1S/C26H53NSi2/c1-9-28(10-2,25(5)6)23-20-18-16-14-13-15-17-19-21-27-22-24-29(11-3,12-4)26(7)8/h22H,5,7,9-21,23-24H2,1-4,6,8H3. The van der Waals surface area contributed by atoms with E-state index in [9.17, 15) is 0 Å². The second kappa shape index (κ2) is 16.3. The third-order valence-electron chi connectivity index (χ3n) is 7.82. The smallest absolute Gasteiger partial charge is 0.0850 e. The van der Waals surface area contributed by atoms with Gasteiger partial charge in [-0.05, 0) is 32.5 Å². The second-order valence-corrected chi connectivity index (χ2v) is 20.0. The van der Waals surface area contributed by atoms with Crippen LogP contribution in [0, 0.1) is 0 Å². The van der Waals surface area contributed by atoms with Crippen molar-refractivity contribution in [1.82, 2.24) is 0 Å². The van der Waals surface area contributed by atoms with Crippen molar-refractivity contribution < 1.29 is 0 Å². The van der Waals surface area contributed by atoms with E-state index in [1.54, 1.807) is 0 Å². The summed E-state index contributed by atoms with van der Waals surface area (Å²) in [6, 6.07) is 8.04. The third-order valence-corrected chi connectivity index (χ3v) is 19.1. The van der Waals surface area contributed by atoms with Crippen LogP contribution in [0.5, 0.6) is 0 Å². The largest absolute Gasteiger partial charge is 0.298 e.